The van der Waals surface area contributed by atoms with Crippen LogP contribution in [0.5, 0.6) is 0 Å². The number of aliphatic hydroxyl groups is 1. The van der Waals surface area contributed by atoms with E-state index in [2.05, 4.69) is 34.2 Å². The van der Waals surface area contributed by atoms with Crippen molar-refractivity contribution >= 4 is 55.4 Å². The van der Waals surface area contributed by atoms with Crippen LogP contribution in [0.4, 0.5) is 0 Å². The summed E-state index contributed by atoms with van der Waals surface area (Å²) in [6.45, 7) is 3.90. The molecule has 0 spiro atoms. The summed E-state index contributed by atoms with van der Waals surface area (Å²) in [6, 6.07) is 19.9. The topological polar surface area (TPSA) is 87.1 Å². The van der Waals surface area contributed by atoms with Crippen molar-refractivity contribution in [2.75, 3.05) is 0 Å². The largest absolute Gasteiger partial charge is 0.510 e. The summed E-state index contributed by atoms with van der Waals surface area (Å²) in [5.41, 5.74) is 3.89. The Balaban J connectivity index is 1.56. The average Bonchev–Trinajstić information content (AvgIpc) is 3.38. The Kier molecular flexibility index (Phi) is 4.85. The Morgan fingerprint density at radius 1 is 1.16 bits per heavy atom. The Morgan fingerprint density at radius 2 is 1.94 bits per heavy atom. The number of rotatable bonds is 4. The third-order valence-corrected chi connectivity index (χ3v) is 7.22. The smallest absolute Gasteiger partial charge is 0.196 e. The number of para-hydroxylation sites is 2. The Morgan fingerprint density at radius 3 is 2.74 bits per heavy atom. The first-order chi connectivity index (χ1) is 15.1. The van der Waals surface area contributed by atoms with Crippen LogP contribution in [0.1, 0.15) is 17.5 Å². The van der Waals surface area contributed by atoms with E-state index in [0.717, 1.165) is 32.3 Å². The molecule has 3 heterocycles. The molecule has 5 aromatic rings. The van der Waals surface area contributed by atoms with Crippen molar-refractivity contribution in [3.8, 4) is 6.07 Å². The van der Waals surface area contributed by atoms with Crippen LogP contribution in [0.25, 0.3) is 32.3 Å². The standard InChI is InChI=1S/C23H17N5OS2/c1-13-11-20-26-27-23(28(20)18-9-5-3-7-15(13)18)30-14(2)21(29)16(12-24)22-25-17-8-4-6-10-19(17)31-22/h3-11,14,29H,1-2H3/b21-16-. The first-order valence-corrected chi connectivity index (χ1v) is 11.4. The van der Waals surface area contributed by atoms with E-state index in [4.69, 9.17) is 0 Å². The zero-order valence-corrected chi connectivity index (χ0v) is 18.4. The van der Waals surface area contributed by atoms with Crippen LogP contribution >= 0.6 is 23.1 Å². The van der Waals surface area contributed by atoms with Crippen molar-refractivity contribution in [3.05, 3.63) is 70.9 Å². The number of fused-ring (bicyclic) bond motifs is 4. The first kappa shape index (κ1) is 19.5. The van der Waals surface area contributed by atoms with Gasteiger partial charge in [0.25, 0.3) is 0 Å². The molecule has 6 nitrogen and oxygen atoms in total. The number of aliphatic hydroxyl groups excluding tert-OH is 1. The highest BCUT2D eigenvalue weighted by molar-refractivity contribution is 7.99. The lowest BCUT2D eigenvalue weighted by molar-refractivity contribution is 0.402. The monoisotopic (exact) mass is 443 g/mol. The normalized spacial score (nSPS) is 13.5. The van der Waals surface area contributed by atoms with Gasteiger partial charge in [-0.15, -0.1) is 21.5 Å². The second-order valence-corrected chi connectivity index (χ2v) is 9.48. The van der Waals surface area contributed by atoms with Gasteiger partial charge in [0.05, 0.1) is 21.0 Å². The lowest BCUT2D eigenvalue weighted by atomic mass is 10.1. The minimum Gasteiger partial charge on any atom is -0.510 e. The Labute approximate surface area is 186 Å². The molecular weight excluding hydrogens is 426 g/mol. The van der Waals surface area contributed by atoms with Gasteiger partial charge in [-0.1, -0.05) is 42.1 Å². The van der Waals surface area contributed by atoms with E-state index in [-0.39, 0.29) is 11.3 Å². The molecule has 5 rings (SSSR count). The number of benzene rings is 2. The van der Waals surface area contributed by atoms with Gasteiger partial charge in [0.2, 0.25) is 0 Å². The zero-order chi connectivity index (χ0) is 21.5. The van der Waals surface area contributed by atoms with Gasteiger partial charge in [-0.25, -0.2) is 4.98 Å². The van der Waals surface area contributed by atoms with E-state index >= 15 is 0 Å². The van der Waals surface area contributed by atoms with Crippen molar-refractivity contribution < 1.29 is 5.11 Å². The number of nitrogens with zero attached hydrogens (tertiary/aromatic N) is 5. The van der Waals surface area contributed by atoms with E-state index in [1.54, 1.807) is 0 Å². The molecule has 1 unspecified atom stereocenters. The van der Waals surface area contributed by atoms with Crippen LogP contribution in [0.3, 0.4) is 0 Å². The SMILES string of the molecule is Cc1cc2nnc(SC(C)/C(O)=C(\C#N)c3nc4ccccc4s3)n2c2ccccc12. The molecule has 1 N–H and O–H groups in total. The lowest BCUT2D eigenvalue weighted by Crippen LogP contribution is -2.05. The van der Waals surface area contributed by atoms with E-state index < -0.39 is 5.25 Å². The van der Waals surface area contributed by atoms with Gasteiger partial charge in [0.1, 0.15) is 22.4 Å². The molecule has 152 valence electrons. The van der Waals surface area contributed by atoms with Gasteiger partial charge in [-0.05, 0) is 43.7 Å². The predicted molar refractivity (Wildman–Crippen MR) is 125 cm³/mol. The van der Waals surface area contributed by atoms with Crippen LogP contribution in [-0.4, -0.2) is 29.9 Å². The molecule has 1 atom stereocenters. The second-order valence-electron chi connectivity index (χ2n) is 7.14. The maximum atomic E-state index is 10.9. The molecule has 0 aliphatic heterocycles. The molecule has 0 aliphatic rings. The van der Waals surface area contributed by atoms with Crippen molar-refractivity contribution in [1.29, 1.82) is 5.26 Å². The summed E-state index contributed by atoms with van der Waals surface area (Å²) < 4.78 is 2.96. The molecule has 0 fully saturated rings. The summed E-state index contributed by atoms with van der Waals surface area (Å²) >= 11 is 2.76. The highest BCUT2D eigenvalue weighted by Gasteiger charge is 2.22. The number of aromatic nitrogens is 4. The highest BCUT2D eigenvalue weighted by atomic mass is 32.2. The summed E-state index contributed by atoms with van der Waals surface area (Å²) in [5.74, 6) is -0.0141. The van der Waals surface area contributed by atoms with Crippen LogP contribution in [0, 0.1) is 18.3 Å². The fraction of sp³-hybridized carbons (Fsp3) is 0.130. The molecule has 31 heavy (non-hydrogen) atoms. The van der Waals surface area contributed by atoms with Crippen LogP contribution in [-0.2, 0) is 0 Å². The average molecular weight is 444 g/mol. The number of pyridine rings is 1. The maximum Gasteiger partial charge on any atom is 0.196 e. The van der Waals surface area contributed by atoms with Gasteiger partial charge in [-0.2, -0.15) is 5.26 Å². The van der Waals surface area contributed by atoms with Gasteiger partial charge in [0, 0.05) is 5.39 Å². The van der Waals surface area contributed by atoms with Gasteiger partial charge in [-0.3, -0.25) is 4.40 Å². The van der Waals surface area contributed by atoms with Crippen molar-refractivity contribution in [1.82, 2.24) is 19.6 Å². The van der Waals surface area contributed by atoms with E-state index in [9.17, 15) is 10.4 Å². The van der Waals surface area contributed by atoms with Crippen LogP contribution in [0.2, 0.25) is 0 Å². The molecule has 0 aliphatic carbocycles. The minimum absolute atomic E-state index is 0.0141. The highest BCUT2D eigenvalue weighted by Crippen LogP contribution is 2.34. The Bertz CT molecular complexity index is 1490. The number of allylic oxidation sites excluding steroid dienone is 1. The number of hydrogen-bond donors (Lipinski definition) is 1. The van der Waals surface area contributed by atoms with Crippen LogP contribution < -0.4 is 0 Å². The lowest BCUT2D eigenvalue weighted by Gasteiger charge is -2.12. The van der Waals surface area contributed by atoms with Crippen LogP contribution in [0.15, 0.2) is 65.5 Å². The van der Waals surface area contributed by atoms with Gasteiger partial charge < -0.3 is 5.11 Å². The minimum atomic E-state index is -0.408. The molecule has 3 aromatic heterocycles. The second kappa shape index (κ2) is 7.69. The molecule has 8 heteroatoms. The molecule has 0 bridgehead atoms. The van der Waals surface area contributed by atoms with E-state index in [0.29, 0.717) is 10.2 Å². The number of thiazole rings is 1. The molecule has 2 aromatic carbocycles. The summed E-state index contributed by atoms with van der Waals surface area (Å²) in [4.78, 5) is 4.52. The number of aryl methyl sites for hydroxylation is 1. The zero-order valence-electron chi connectivity index (χ0n) is 16.8. The predicted octanol–water partition coefficient (Wildman–Crippen LogP) is 5.77. The van der Waals surface area contributed by atoms with Gasteiger partial charge >= 0.3 is 0 Å². The number of thioether (sulfide) groups is 1. The fourth-order valence-electron chi connectivity index (χ4n) is 3.56. The molecular formula is C23H17N5OS2. The summed E-state index contributed by atoms with van der Waals surface area (Å²) in [5, 5.41) is 31.2. The number of nitriles is 1. The Hall–Kier alpha value is -3.41. The molecule has 0 saturated heterocycles. The summed E-state index contributed by atoms with van der Waals surface area (Å²) in [6.07, 6.45) is 0. The maximum absolute atomic E-state index is 10.9. The van der Waals surface area contributed by atoms with E-state index in [1.807, 2.05) is 59.9 Å². The summed E-state index contributed by atoms with van der Waals surface area (Å²) in [7, 11) is 0. The number of hydrogen-bond acceptors (Lipinski definition) is 7. The third-order valence-electron chi connectivity index (χ3n) is 5.12. The molecule has 0 amide bonds. The molecule has 0 radical (unpaired) electrons. The fourth-order valence-corrected chi connectivity index (χ4v) is 5.46. The third kappa shape index (κ3) is 3.32. The molecule has 0 saturated carbocycles. The van der Waals surface area contributed by atoms with Gasteiger partial charge in [0.15, 0.2) is 10.8 Å². The van der Waals surface area contributed by atoms with Crippen molar-refractivity contribution in [3.63, 3.8) is 0 Å². The van der Waals surface area contributed by atoms with E-state index in [1.165, 1.54) is 23.1 Å². The van der Waals surface area contributed by atoms with Crippen molar-refractivity contribution in [2.45, 2.75) is 24.3 Å². The van der Waals surface area contributed by atoms with Crippen molar-refractivity contribution in [2.24, 2.45) is 0 Å². The quantitative estimate of drug-likeness (QED) is 0.215. The first-order valence-electron chi connectivity index (χ1n) is 9.66.